The number of hydrogen-bond acceptors (Lipinski definition) is 7. The molecule has 1 aliphatic heterocycles. The maximum Gasteiger partial charge on any atom is 0.227 e. The van der Waals surface area contributed by atoms with Crippen LogP contribution in [-0.2, 0) is 4.79 Å². The highest BCUT2D eigenvalue weighted by molar-refractivity contribution is 7.99. The van der Waals surface area contributed by atoms with Gasteiger partial charge in [-0.1, -0.05) is 68.1 Å². The predicted octanol–water partition coefficient (Wildman–Crippen LogP) is 4.92. The van der Waals surface area contributed by atoms with Crippen molar-refractivity contribution in [1.29, 1.82) is 0 Å². The molecular formula is C26H26N4O3S. The van der Waals surface area contributed by atoms with E-state index in [4.69, 9.17) is 9.84 Å². The van der Waals surface area contributed by atoms with E-state index >= 15 is 0 Å². The fourth-order valence-electron chi connectivity index (χ4n) is 4.58. The van der Waals surface area contributed by atoms with Crippen LogP contribution in [-0.4, -0.2) is 39.2 Å². The zero-order valence-corrected chi connectivity index (χ0v) is 20.2. The molecule has 2 heterocycles. The number of aromatic nitrogens is 3. The SMILES string of the molecule is COc1ccc([C@@H]2C3=C(CC(C)(C)CC3=O)Nc3nc(SCC(=O)c4ccccc4)nn32)cc1. The first-order chi connectivity index (χ1) is 16.3. The quantitative estimate of drug-likeness (QED) is 0.401. The number of carbonyl (C=O) groups excluding carboxylic acids is 2. The topological polar surface area (TPSA) is 86.1 Å². The van der Waals surface area contributed by atoms with Gasteiger partial charge in [0.15, 0.2) is 11.6 Å². The molecule has 1 N–H and O–H groups in total. The molecule has 0 saturated heterocycles. The van der Waals surface area contributed by atoms with Gasteiger partial charge in [-0.15, -0.1) is 5.10 Å². The van der Waals surface area contributed by atoms with Crippen LogP contribution in [0.15, 0.2) is 71.0 Å². The van der Waals surface area contributed by atoms with Crippen molar-refractivity contribution in [3.63, 3.8) is 0 Å². The summed E-state index contributed by atoms with van der Waals surface area (Å²) < 4.78 is 7.08. The van der Waals surface area contributed by atoms with E-state index in [9.17, 15) is 9.59 Å². The summed E-state index contributed by atoms with van der Waals surface area (Å²) in [6.45, 7) is 4.21. The Kier molecular flexibility index (Phi) is 5.77. The van der Waals surface area contributed by atoms with Gasteiger partial charge >= 0.3 is 0 Å². The van der Waals surface area contributed by atoms with Crippen molar-refractivity contribution < 1.29 is 14.3 Å². The number of nitrogens with one attached hydrogen (secondary N) is 1. The number of nitrogens with zero attached hydrogens (tertiary/aromatic N) is 3. The minimum Gasteiger partial charge on any atom is -0.497 e. The van der Waals surface area contributed by atoms with Gasteiger partial charge in [-0.05, 0) is 29.5 Å². The molecule has 0 unspecified atom stereocenters. The standard InChI is InChI=1S/C26H26N4O3S/c1-26(2)13-19-22(20(31)14-26)23(17-9-11-18(33-3)12-10-17)30-24(27-19)28-25(29-30)34-15-21(32)16-7-5-4-6-8-16/h4-12,23H,13-15H2,1-3H3,(H,27,28,29)/t23-/m1/s1. The number of rotatable bonds is 6. The van der Waals surface area contributed by atoms with Gasteiger partial charge in [-0.3, -0.25) is 9.59 Å². The summed E-state index contributed by atoms with van der Waals surface area (Å²) in [7, 11) is 1.63. The molecule has 7 nitrogen and oxygen atoms in total. The lowest BCUT2D eigenvalue weighted by Gasteiger charge is -2.38. The van der Waals surface area contributed by atoms with Crippen LogP contribution in [0.2, 0.25) is 0 Å². The Morgan fingerprint density at radius 1 is 1.15 bits per heavy atom. The van der Waals surface area contributed by atoms with Crippen LogP contribution in [0.5, 0.6) is 5.75 Å². The minimum atomic E-state index is -0.382. The maximum atomic E-state index is 13.3. The average molecular weight is 475 g/mol. The summed E-state index contributed by atoms with van der Waals surface area (Å²) in [6.07, 6.45) is 1.24. The van der Waals surface area contributed by atoms with Crippen LogP contribution in [0, 0.1) is 5.41 Å². The van der Waals surface area contributed by atoms with Crippen LogP contribution < -0.4 is 10.1 Å². The van der Waals surface area contributed by atoms with Gasteiger partial charge in [-0.25, -0.2) is 4.68 Å². The first-order valence-electron chi connectivity index (χ1n) is 11.2. The number of methoxy groups -OCH3 is 1. The number of benzene rings is 2. The highest BCUT2D eigenvalue weighted by Gasteiger charge is 2.41. The molecule has 1 atom stereocenters. The van der Waals surface area contributed by atoms with E-state index in [-0.39, 0.29) is 28.8 Å². The Morgan fingerprint density at radius 3 is 2.59 bits per heavy atom. The number of fused-ring (bicyclic) bond motifs is 1. The lowest BCUT2D eigenvalue weighted by Crippen LogP contribution is -2.36. The van der Waals surface area contributed by atoms with E-state index in [2.05, 4.69) is 24.1 Å². The van der Waals surface area contributed by atoms with Gasteiger partial charge in [0.2, 0.25) is 11.1 Å². The Hall–Kier alpha value is -3.39. The number of Topliss-reactive ketones (excluding diaryl/α,β-unsaturated/α-hetero) is 2. The van der Waals surface area contributed by atoms with Crippen LogP contribution in [0.25, 0.3) is 0 Å². The van der Waals surface area contributed by atoms with Crippen LogP contribution in [0.3, 0.4) is 0 Å². The second kappa shape index (κ2) is 8.76. The van der Waals surface area contributed by atoms with Gasteiger partial charge < -0.3 is 10.1 Å². The van der Waals surface area contributed by atoms with Gasteiger partial charge in [0.05, 0.1) is 12.9 Å². The highest BCUT2D eigenvalue weighted by Crippen LogP contribution is 2.45. The van der Waals surface area contributed by atoms with Crippen molar-refractivity contribution in [3.8, 4) is 5.75 Å². The summed E-state index contributed by atoms with van der Waals surface area (Å²) in [5, 5.41) is 8.58. The second-order valence-corrected chi connectivity index (χ2v) is 10.3. The van der Waals surface area contributed by atoms with Gasteiger partial charge in [0.1, 0.15) is 11.8 Å². The Labute approximate surface area is 202 Å². The second-order valence-electron chi connectivity index (χ2n) is 9.37. The summed E-state index contributed by atoms with van der Waals surface area (Å²) >= 11 is 1.30. The van der Waals surface area contributed by atoms with Crippen LogP contribution >= 0.6 is 11.8 Å². The summed E-state index contributed by atoms with van der Waals surface area (Å²) in [6, 6.07) is 16.5. The molecule has 0 fully saturated rings. The molecule has 2 aromatic carbocycles. The lowest BCUT2D eigenvalue weighted by atomic mass is 9.73. The average Bonchev–Trinajstić information content (AvgIpc) is 3.23. The maximum absolute atomic E-state index is 13.3. The number of thioether (sulfide) groups is 1. The smallest absolute Gasteiger partial charge is 0.227 e. The molecule has 0 amide bonds. The third-order valence-corrected chi connectivity index (χ3v) is 7.01. The predicted molar refractivity (Wildman–Crippen MR) is 131 cm³/mol. The Balaban J connectivity index is 1.49. The normalized spacial score (nSPS) is 18.7. The van der Waals surface area contributed by atoms with Crippen LogP contribution in [0.1, 0.15) is 48.7 Å². The van der Waals surface area contributed by atoms with E-state index in [1.807, 2.05) is 42.5 Å². The van der Waals surface area contributed by atoms with Gasteiger partial charge in [-0.2, -0.15) is 4.98 Å². The van der Waals surface area contributed by atoms with Crippen molar-refractivity contribution in [3.05, 3.63) is 77.0 Å². The minimum absolute atomic E-state index is 0.0207. The van der Waals surface area contributed by atoms with Crippen molar-refractivity contribution in [2.24, 2.45) is 5.41 Å². The molecule has 0 radical (unpaired) electrons. The molecule has 34 heavy (non-hydrogen) atoms. The largest absolute Gasteiger partial charge is 0.497 e. The Morgan fingerprint density at radius 2 is 1.88 bits per heavy atom. The summed E-state index contributed by atoms with van der Waals surface area (Å²) in [5.41, 5.74) is 3.11. The van der Waals surface area contributed by atoms with Gasteiger partial charge in [0, 0.05) is 23.3 Å². The fourth-order valence-corrected chi connectivity index (χ4v) is 5.31. The molecule has 0 saturated carbocycles. The number of ether oxygens (including phenoxy) is 1. The number of allylic oxidation sites excluding steroid dienone is 2. The Bertz CT molecular complexity index is 1280. The third-order valence-electron chi connectivity index (χ3n) is 6.17. The number of hydrogen-bond donors (Lipinski definition) is 1. The molecule has 3 aromatic rings. The molecule has 2 aliphatic rings. The van der Waals surface area contributed by atoms with Crippen molar-refractivity contribution in [1.82, 2.24) is 14.8 Å². The molecule has 0 bridgehead atoms. The first kappa shape index (κ1) is 22.4. The molecule has 5 rings (SSSR count). The molecule has 174 valence electrons. The number of carbonyl (C=O) groups is 2. The molecular weight excluding hydrogens is 448 g/mol. The number of ketones is 2. The van der Waals surface area contributed by atoms with Crippen molar-refractivity contribution in [2.75, 3.05) is 18.2 Å². The fraction of sp³-hybridized carbons (Fsp3) is 0.308. The molecule has 0 spiro atoms. The lowest BCUT2D eigenvalue weighted by molar-refractivity contribution is -0.118. The van der Waals surface area contributed by atoms with E-state index in [1.165, 1.54) is 11.8 Å². The molecule has 1 aromatic heterocycles. The molecule has 1 aliphatic carbocycles. The summed E-state index contributed by atoms with van der Waals surface area (Å²) in [5.74, 6) is 1.71. The first-order valence-corrected chi connectivity index (χ1v) is 12.2. The third kappa shape index (κ3) is 4.25. The van der Waals surface area contributed by atoms with E-state index < -0.39 is 0 Å². The molecule has 8 heteroatoms. The monoisotopic (exact) mass is 474 g/mol. The van der Waals surface area contributed by atoms with Crippen LogP contribution in [0.4, 0.5) is 5.95 Å². The zero-order valence-electron chi connectivity index (χ0n) is 19.4. The summed E-state index contributed by atoms with van der Waals surface area (Å²) in [4.78, 5) is 30.5. The van der Waals surface area contributed by atoms with Crippen molar-refractivity contribution >= 4 is 29.3 Å². The van der Waals surface area contributed by atoms with Gasteiger partial charge in [0.25, 0.3) is 0 Å². The highest BCUT2D eigenvalue weighted by atomic mass is 32.2. The van der Waals surface area contributed by atoms with E-state index in [1.54, 1.807) is 23.9 Å². The number of anilines is 1. The van der Waals surface area contributed by atoms with E-state index in [0.29, 0.717) is 23.1 Å². The zero-order chi connectivity index (χ0) is 23.9. The van der Waals surface area contributed by atoms with Crippen molar-refractivity contribution in [2.45, 2.75) is 37.9 Å². The van der Waals surface area contributed by atoms with E-state index in [0.717, 1.165) is 29.0 Å².